The normalized spacial score (nSPS) is 11.8. The van der Waals surface area contributed by atoms with Crippen LogP contribution in [0.15, 0.2) is 48.5 Å². The van der Waals surface area contributed by atoms with Crippen LogP contribution < -0.4 is 0 Å². The van der Waals surface area contributed by atoms with E-state index in [-0.39, 0.29) is 22.6 Å². The fraction of sp³-hybridized carbons (Fsp3) is 0.111. The number of benzene rings is 2. The van der Waals surface area contributed by atoms with Crippen molar-refractivity contribution in [3.8, 4) is 22.4 Å². The van der Waals surface area contributed by atoms with Gasteiger partial charge >= 0.3 is 6.18 Å². The Labute approximate surface area is 163 Å². The number of halogens is 5. The summed E-state index contributed by atoms with van der Waals surface area (Å²) in [5.41, 5.74) is 1.09. The minimum Gasteiger partial charge on any atom is -0.232 e. The third-order valence-electron chi connectivity index (χ3n) is 3.79. The van der Waals surface area contributed by atoms with Gasteiger partial charge < -0.3 is 0 Å². The second-order valence-corrected chi connectivity index (χ2v) is 7.09. The Morgan fingerprint density at radius 2 is 1.46 bits per heavy atom. The smallest absolute Gasteiger partial charge is 0.232 e. The molecule has 0 aliphatic carbocycles. The molecule has 0 aliphatic heterocycles. The van der Waals surface area contributed by atoms with Gasteiger partial charge in [0.25, 0.3) is 0 Å². The Bertz CT molecular complexity index is 1070. The zero-order chi connectivity index (χ0) is 20.5. The molecule has 0 N–H and O–H groups in total. The summed E-state index contributed by atoms with van der Waals surface area (Å²) in [6.45, 7) is 0. The van der Waals surface area contributed by atoms with Gasteiger partial charge in [-0.05, 0) is 23.3 Å². The van der Waals surface area contributed by atoms with Crippen molar-refractivity contribution < 1.29 is 26.0 Å². The van der Waals surface area contributed by atoms with Crippen molar-refractivity contribution in [1.29, 1.82) is 0 Å². The zero-order valence-corrected chi connectivity index (χ0v) is 15.5. The molecule has 0 amide bonds. The number of hydrogen-bond acceptors (Lipinski definition) is 4. The highest BCUT2D eigenvalue weighted by molar-refractivity contribution is 7.71. The first kappa shape index (κ1) is 20.2. The molecule has 3 rings (SSSR count). The van der Waals surface area contributed by atoms with Crippen LogP contribution >= 0.6 is 11.6 Å². The van der Waals surface area contributed by atoms with Crippen molar-refractivity contribution >= 4 is 22.3 Å². The lowest BCUT2D eigenvalue weighted by molar-refractivity contribution is -0.144. The first-order valence-electron chi connectivity index (χ1n) is 7.77. The maximum atomic E-state index is 13.2. The maximum Gasteiger partial charge on any atom is 0.451 e. The minimum atomic E-state index is -4.82. The number of rotatable bonds is 4. The molecule has 1 heterocycles. The molecule has 1 aromatic heterocycles. The van der Waals surface area contributed by atoms with E-state index in [1.165, 1.54) is 36.4 Å². The molecular formula is C18H11ClF4N2O2S. The van der Waals surface area contributed by atoms with Gasteiger partial charge in [0.05, 0.1) is 11.4 Å². The summed E-state index contributed by atoms with van der Waals surface area (Å²) >= 11 is 6.04. The van der Waals surface area contributed by atoms with E-state index in [0.29, 0.717) is 11.1 Å². The van der Waals surface area contributed by atoms with E-state index < -0.39 is 33.7 Å². The number of nitrogens with zero attached hydrogens (tertiary/aromatic N) is 2. The van der Waals surface area contributed by atoms with E-state index in [0.717, 1.165) is 12.1 Å². The van der Waals surface area contributed by atoms with Crippen LogP contribution in [0.25, 0.3) is 22.4 Å². The predicted molar refractivity (Wildman–Crippen MR) is 96.9 cm³/mol. The van der Waals surface area contributed by atoms with Crippen molar-refractivity contribution in [3.63, 3.8) is 0 Å². The molecular weight excluding hydrogens is 420 g/mol. The van der Waals surface area contributed by atoms with E-state index in [1.807, 2.05) is 0 Å². The summed E-state index contributed by atoms with van der Waals surface area (Å²) in [5, 5.41) is -0.435. The van der Waals surface area contributed by atoms with Crippen LogP contribution in [0.4, 0.5) is 17.6 Å². The van der Waals surface area contributed by atoms with Gasteiger partial charge in [-0.2, -0.15) is 13.2 Å². The molecule has 0 spiro atoms. The van der Waals surface area contributed by atoms with Crippen molar-refractivity contribution in [2.24, 2.45) is 0 Å². The number of hydrogen-bond donors (Lipinski definition) is 1. The quantitative estimate of drug-likeness (QED) is 0.369. The fourth-order valence-electron chi connectivity index (χ4n) is 2.56. The van der Waals surface area contributed by atoms with Gasteiger partial charge in [0.1, 0.15) is 21.7 Å². The summed E-state index contributed by atoms with van der Waals surface area (Å²) < 4.78 is 74.4. The van der Waals surface area contributed by atoms with E-state index in [2.05, 4.69) is 9.97 Å². The van der Waals surface area contributed by atoms with Gasteiger partial charge in [-0.1, -0.05) is 48.0 Å². The molecule has 0 saturated heterocycles. The lowest BCUT2D eigenvalue weighted by atomic mass is 10.00. The average molecular weight is 431 g/mol. The number of alkyl halides is 3. The molecule has 0 fully saturated rings. The Balaban J connectivity index is 2.21. The standard InChI is InChI=1S/C18H11ClF4N2O2S/c19-16-14(11-5-7-13(20)8-6-11)15(24-17(25-16)18(21,22)23)12-3-1-10(2-4-12)9-28(26)27/h1-8,28H,9H2. The van der Waals surface area contributed by atoms with Gasteiger partial charge in [0, 0.05) is 11.1 Å². The molecule has 3 aromatic rings. The van der Waals surface area contributed by atoms with Crippen LogP contribution in [0.3, 0.4) is 0 Å². The highest BCUT2D eigenvalue weighted by Gasteiger charge is 2.36. The molecule has 0 radical (unpaired) electrons. The molecule has 4 nitrogen and oxygen atoms in total. The summed E-state index contributed by atoms with van der Waals surface area (Å²) in [4.78, 5) is 6.97. The second kappa shape index (κ2) is 7.84. The molecule has 0 saturated carbocycles. The van der Waals surface area contributed by atoms with E-state index in [9.17, 15) is 26.0 Å². The first-order chi connectivity index (χ1) is 13.1. The van der Waals surface area contributed by atoms with E-state index in [1.54, 1.807) is 0 Å². The van der Waals surface area contributed by atoms with Crippen molar-refractivity contribution in [3.05, 3.63) is 70.9 Å². The van der Waals surface area contributed by atoms with E-state index in [4.69, 9.17) is 11.6 Å². The SMILES string of the molecule is O=[SH](=O)Cc1ccc(-c2nc(C(F)(F)F)nc(Cl)c2-c2ccc(F)cc2)cc1. The Morgan fingerprint density at radius 3 is 2.00 bits per heavy atom. The minimum absolute atomic E-state index is 0.100. The molecule has 0 bridgehead atoms. The van der Waals surface area contributed by atoms with Crippen molar-refractivity contribution in [2.45, 2.75) is 11.9 Å². The summed E-state index contributed by atoms with van der Waals surface area (Å²) in [5.74, 6) is -2.13. The molecule has 146 valence electrons. The largest absolute Gasteiger partial charge is 0.451 e. The third-order valence-corrected chi connectivity index (χ3v) is 4.69. The predicted octanol–water partition coefficient (Wildman–Crippen LogP) is 4.73. The van der Waals surface area contributed by atoms with E-state index >= 15 is 0 Å². The topological polar surface area (TPSA) is 59.9 Å². The molecule has 0 unspecified atom stereocenters. The van der Waals surface area contributed by atoms with Crippen molar-refractivity contribution in [1.82, 2.24) is 9.97 Å². The van der Waals surface area contributed by atoms with Gasteiger partial charge in [-0.15, -0.1) is 0 Å². The maximum absolute atomic E-state index is 13.2. The monoisotopic (exact) mass is 430 g/mol. The number of aromatic nitrogens is 2. The molecule has 0 aliphatic rings. The van der Waals surface area contributed by atoms with Gasteiger partial charge in [0.2, 0.25) is 5.82 Å². The fourth-order valence-corrected chi connectivity index (χ4v) is 3.35. The zero-order valence-electron chi connectivity index (χ0n) is 13.9. The van der Waals surface area contributed by atoms with Gasteiger partial charge in [-0.25, -0.2) is 22.8 Å². The summed E-state index contributed by atoms with van der Waals surface area (Å²) in [7, 11) is -2.64. The van der Waals surface area contributed by atoms with Crippen molar-refractivity contribution in [2.75, 3.05) is 0 Å². The first-order valence-corrected chi connectivity index (χ1v) is 9.51. The van der Waals surface area contributed by atoms with Crippen LogP contribution in [0.2, 0.25) is 5.15 Å². The highest BCUT2D eigenvalue weighted by atomic mass is 35.5. The van der Waals surface area contributed by atoms with Crippen LogP contribution in [0.5, 0.6) is 0 Å². The average Bonchev–Trinajstić information content (AvgIpc) is 2.61. The van der Waals surface area contributed by atoms with Crippen LogP contribution in [-0.4, -0.2) is 18.4 Å². The molecule has 0 atom stereocenters. The Hall–Kier alpha value is -2.52. The number of thiol groups is 1. The summed E-state index contributed by atoms with van der Waals surface area (Å²) in [6, 6.07) is 10.8. The second-order valence-electron chi connectivity index (χ2n) is 5.75. The Kier molecular flexibility index (Phi) is 5.66. The van der Waals surface area contributed by atoms with Crippen LogP contribution in [-0.2, 0) is 22.6 Å². The lowest BCUT2D eigenvalue weighted by Gasteiger charge is -2.14. The highest BCUT2D eigenvalue weighted by Crippen LogP contribution is 2.38. The van der Waals surface area contributed by atoms with Crippen LogP contribution in [0, 0.1) is 5.82 Å². The third kappa shape index (κ3) is 4.48. The lowest BCUT2D eigenvalue weighted by Crippen LogP contribution is -2.12. The molecule has 28 heavy (non-hydrogen) atoms. The Morgan fingerprint density at radius 1 is 0.893 bits per heavy atom. The van der Waals surface area contributed by atoms with Crippen LogP contribution in [0.1, 0.15) is 11.4 Å². The van der Waals surface area contributed by atoms with Gasteiger partial charge in [-0.3, -0.25) is 0 Å². The summed E-state index contributed by atoms with van der Waals surface area (Å²) in [6.07, 6.45) is -4.82. The molecule has 2 aromatic carbocycles. The molecule has 10 heteroatoms. The van der Waals surface area contributed by atoms with Gasteiger partial charge in [0.15, 0.2) is 0 Å².